The molecule has 1 aromatic rings. The molecule has 0 amide bonds. The normalized spacial score (nSPS) is 25.5. The molecule has 2 saturated heterocycles. The average Bonchev–Trinajstić information content (AvgIpc) is 3.05. The van der Waals surface area contributed by atoms with E-state index in [4.69, 9.17) is 0 Å². The lowest BCUT2D eigenvalue weighted by Gasteiger charge is -2.34. The van der Waals surface area contributed by atoms with Crippen LogP contribution in [0.15, 0.2) is 30.3 Å². The highest BCUT2D eigenvalue weighted by Gasteiger charge is 2.21. The molecule has 0 bridgehead atoms. The van der Waals surface area contributed by atoms with Crippen LogP contribution in [0.1, 0.15) is 25.3 Å². The Bertz CT molecular complexity index is 472. The molecule has 0 radical (unpaired) electrons. The third-order valence-electron chi connectivity index (χ3n) is 5.60. The summed E-state index contributed by atoms with van der Waals surface area (Å²) in [5, 5.41) is 3.62. The molecular weight excluding hydrogens is 310 g/mol. The first-order chi connectivity index (χ1) is 12.3. The van der Waals surface area contributed by atoms with Crippen molar-refractivity contribution in [3.8, 4) is 0 Å². The van der Waals surface area contributed by atoms with E-state index >= 15 is 0 Å². The lowest BCUT2D eigenvalue weighted by atomic mass is 10.0. The summed E-state index contributed by atoms with van der Waals surface area (Å²) in [6.07, 6.45) is 2.59. The number of piperazine rings is 1. The third kappa shape index (κ3) is 6.35. The van der Waals surface area contributed by atoms with Gasteiger partial charge in [0.1, 0.15) is 0 Å². The number of hydrazine groups is 1. The van der Waals surface area contributed by atoms with Crippen molar-refractivity contribution in [3.05, 3.63) is 35.9 Å². The minimum atomic E-state index is 0.583. The summed E-state index contributed by atoms with van der Waals surface area (Å²) in [6, 6.07) is 11.4. The Hall–Kier alpha value is -0.980. The van der Waals surface area contributed by atoms with E-state index in [9.17, 15) is 0 Å². The maximum absolute atomic E-state index is 3.62. The van der Waals surface area contributed by atoms with Crippen LogP contribution in [0.25, 0.3) is 0 Å². The lowest BCUT2D eigenvalue weighted by molar-refractivity contribution is 0.125. The van der Waals surface area contributed by atoms with Crippen molar-refractivity contribution < 1.29 is 0 Å². The molecule has 5 heteroatoms. The number of benzene rings is 1. The van der Waals surface area contributed by atoms with Gasteiger partial charge in [0, 0.05) is 57.8 Å². The van der Waals surface area contributed by atoms with Gasteiger partial charge in [-0.2, -0.15) is 0 Å². The number of nitrogens with zero attached hydrogens (tertiary/aromatic N) is 2. The van der Waals surface area contributed by atoms with E-state index in [0.717, 1.165) is 32.1 Å². The van der Waals surface area contributed by atoms with E-state index in [1.807, 2.05) is 0 Å². The van der Waals surface area contributed by atoms with Gasteiger partial charge in [-0.1, -0.05) is 30.3 Å². The maximum atomic E-state index is 3.62. The van der Waals surface area contributed by atoms with Gasteiger partial charge in [-0.05, 0) is 38.4 Å². The predicted octanol–water partition coefficient (Wildman–Crippen LogP) is 1.29. The standard InChI is InChI=1S/C20H35N5/c1-18-20(16-22-23-18)15-21-9-5-6-10-24-11-13-25(14-12-24)17-19-7-3-2-4-8-19/h2-4,7-8,18,20-23H,5-6,9-17H2,1H3. The fourth-order valence-corrected chi connectivity index (χ4v) is 3.78. The Labute approximate surface area is 153 Å². The van der Waals surface area contributed by atoms with Crippen molar-refractivity contribution in [1.82, 2.24) is 26.0 Å². The van der Waals surface area contributed by atoms with E-state index < -0.39 is 0 Å². The molecular formula is C20H35N5. The minimum Gasteiger partial charge on any atom is -0.316 e. The van der Waals surface area contributed by atoms with Crippen molar-refractivity contribution in [2.24, 2.45) is 5.92 Å². The van der Waals surface area contributed by atoms with Crippen LogP contribution < -0.4 is 16.2 Å². The summed E-state index contributed by atoms with van der Waals surface area (Å²) < 4.78 is 0. The van der Waals surface area contributed by atoms with Gasteiger partial charge in [0.2, 0.25) is 0 Å². The molecule has 5 nitrogen and oxygen atoms in total. The SMILES string of the molecule is CC1NNCC1CNCCCCN1CCN(Cc2ccccc2)CC1. The van der Waals surface area contributed by atoms with E-state index in [2.05, 4.69) is 63.2 Å². The Balaban J connectivity index is 1.20. The van der Waals surface area contributed by atoms with Gasteiger partial charge in [-0.3, -0.25) is 15.8 Å². The van der Waals surface area contributed by atoms with Gasteiger partial charge < -0.3 is 10.2 Å². The van der Waals surface area contributed by atoms with Crippen molar-refractivity contribution in [1.29, 1.82) is 0 Å². The minimum absolute atomic E-state index is 0.583. The van der Waals surface area contributed by atoms with Gasteiger partial charge in [0.15, 0.2) is 0 Å². The van der Waals surface area contributed by atoms with E-state index in [-0.39, 0.29) is 0 Å². The number of rotatable bonds is 9. The van der Waals surface area contributed by atoms with Crippen LogP contribution in [0.4, 0.5) is 0 Å². The smallest absolute Gasteiger partial charge is 0.0237 e. The quantitative estimate of drug-likeness (QED) is 0.589. The summed E-state index contributed by atoms with van der Waals surface area (Å²) in [6.45, 7) is 12.8. The van der Waals surface area contributed by atoms with Crippen LogP contribution in [0, 0.1) is 5.92 Å². The molecule has 1 aromatic carbocycles. The number of nitrogens with one attached hydrogen (secondary N) is 3. The van der Waals surface area contributed by atoms with Gasteiger partial charge in [-0.15, -0.1) is 0 Å². The number of hydrogen-bond acceptors (Lipinski definition) is 5. The molecule has 2 heterocycles. The highest BCUT2D eigenvalue weighted by atomic mass is 15.4. The molecule has 2 atom stereocenters. The first-order valence-corrected chi connectivity index (χ1v) is 9.99. The zero-order valence-corrected chi connectivity index (χ0v) is 15.7. The van der Waals surface area contributed by atoms with Crippen LogP contribution in [-0.2, 0) is 6.54 Å². The summed E-state index contributed by atoms with van der Waals surface area (Å²) in [5.41, 5.74) is 7.95. The summed E-state index contributed by atoms with van der Waals surface area (Å²) in [4.78, 5) is 5.21. The molecule has 2 aliphatic heterocycles. The lowest BCUT2D eigenvalue weighted by Crippen LogP contribution is -2.46. The maximum Gasteiger partial charge on any atom is 0.0237 e. The molecule has 2 aliphatic rings. The Kier molecular flexibility index (Phi) is 7.70. The van der Waals surface area contributed by atoms with Crippen molar-refractivity contribution >= 4 is 0 Å². The predicted molar refractivity (Wildman–Crippen MR) is 104 cm³/mol. The van der Waals surface area contributed by atoms with E-state index in [0.29, 0.717) is 6.04 Å². The molecule has 0 aromatic heterocycles. The van der Waals surface area contributed by atoms with Crippen LogP contribution in [0.2, 0.25) is 0 Å². The largest absolute Gasteiger partial charge is 0.316 e. The van der Waals surface area contributed by atoms with Gasteiger partial charge in [0.05, 0.1) is 0 Å². The van der Waals surface area contributed by atoms with Gasteiger partial charge >= 0.3 is 0 Å². The summed E-state index contributed by atoms with van der Waals surface area (Å²) in [5.74, 6) is 0.720. The molecule has 0 spiro atoms. The fraction of sp³-hybridized carbons (Fsp3) is 0.700. The molecule has 2 fully saturated rings. The van der Waals surface area contributed by atoms with Crippen LogP contribution in [-0.4, -0.2) is 68.2 Å². The van der Waals surface area contributed by atoms with Gasteiger partial charge in [-0.25, -0.2) is 0 Å². The molecule has 140 valence electrons. The Morgan fingerprint density at radius 2 is 1.80 bits per heavy atom. The van der Waals surface area contributed by atoms with Crippen molar-refractivity contribution in [3.63, 3.8) is 0 Å². The Morgan fingerprint density at radius 1 is 1.04 bits per heavy atom. The summed E-state index contributed by atoms with van der Waals surface area (Å²) >= 11 is 0. The van der Waals surface area contributed by atoms with Crippen molar-refractivity contribution in [2.45, 2.75) is 32.4 Å². The Morgan fingerprint density at radius 3 is 2.52 bits per heavy atom. The van der Waals surface area contributed by atoms with E-state index in [1.165, 1.54) is 51.1 Å². The second kappa shape index (κ2) is 10.2. The van der Waals surface area contributed by atoms with Crippen LogP contribution in [0.3, 0.4) is 0 Å². The second-order valence-electron chi connectivity index (χ2n) is 7.59. The zero-order chi connectivity index (χ0) is 17.3. The molecule has 2 unspecified atom stereocenters. The molecule has 3 N–H and O–H groups in total. The van der Waals surface area contributed by atoms with Crippen LogP contribution >= 0.6 is 0 Å². The van der Waals surface area contributed by atoms with Crippen molar-refractivity contribution in [2.75, 3.05) is 52.4 Å². The molecule has 0 aliphatic carbocycles. The van der Waals surface area contributed by atoms with E-state index in [1.54, 1.807) is 0 Å². The monoisotopic (exact) mass is 345 g/mol. The summed E-state index contributed by atoms with van der Waals surface area (Å²) in [7, 11) is 0. The molecule has 3 rings (SSSR count). The average molecular weight is 346 g/mol. The molecule has 25 heavy (non-hydrogen) atoms. The first kappa shape index (κ1) is 18.8. The number of hydrogen-bond donors (Lipinski definition) is 3. The fourth-order valence-electron chi connectivity index (χ4n) is 3.78. The number of unbranched alkanes of at least 4 members (excludes halogenated alkanes) is 1. The van der Waals surface area contributed by atoms with Crippen LogP contribution in [0.5, 0.6) is 0 Å². The van der Waals surface area contributed by atoms with Gasteiger partial charge in [0.25, 0.3) is 0 Å². The topological polar surface area (TPSA) is 42.6 Å². The second-order valence-corrected chi connectivity index (χ2v) is 7.59. The zero-order valence-electron chi connectivity index (χ0n) is 15.7. The molecule has 0 saturated carbocycles. The highest BCUT2D eigenvalue weighted by molar-refractivity contribution is 5.14. The third-order valence-corrected chi connectivity index (χ3v) is 5.60. The first-order valence-electron chi connectivity index (χ1n) is 9.99. The highest BCUT2D eigenvalue weighted by Crippen LogP contribution is 2.09.